The Morgan fingerprint density at radius 3 is 2.27 bits per heavy atom. The first-order valence-corrected chi connectivity index (χ1v) is 14.2. The molecule has 5 heterocycles. The molecule has 2 aromatic heterocycles. The van der Waals surface area contributed by atoms with Gasteiger partial charge in [-0.25, -0.2) is 0 Å². The van der Waals surface area contributed by atoms with E-state index in [4.69, 9.17) is 5.10 Å². The Labute approximate surface area is 233 Å². The van der Waals surface area contributed by atoms with E-state index in [2.05, 4.69) is 26.2 Å². The lowest BCUT2D eigenvalue weighted by molar-refractivity contribution is -0.389. The Bertz CT molecular complexity index is 1400. The van der Waals surface area contributed by atoms with Crippen LogP contribution in [-0.2, 0) is 16.6 Å². The second kappa shape index (κ2) is 11.2. The van der Waals surface area contributed by atoms with E-state index < -0.39 is 10.8 Å². The SMILES string of the molecule is CC.Cn1nc(C2CCC(=O)NC2=O)c2cccc(N3CCC4(CCN(c5ccc([N+](=O)[O-])nc5)CC4)CC3)c21. The number of carbonyl (C=O) groups is 2. The highest BCUT2D eigenvalue weighted by molar-refractivity contribution is 6.03. The molecule has 0 radical (unpaired) electrons. The van der Waals surface area contributed by atoms with Crippen LogP contribution in [0.1, 0.15) is 64.0 Å². The molecule has 3 fully saturated rings. The average Bonchev–Trinajstić information content (AvgIpc) is 3.31. The number of imide groups is 1. The Balaban J connectivity index is 0.00000158. The number of aryl methyl sites for hydroxylation is 1. The number of nitrogens with zero attached hydrogens (tertiary/aromatic N) is 6. The van der Waals surface area contributed by atoms with Crippen molar-refractivity contribution >= 4 is 39.9 Å². The molecule has 40 heavy (non-hydrogen) atoms. The summed E-state index contributed by atoms with van der Waals surface area (Å²) >= 11 is 0. The summed E-state index contributed by atoms with van der Waals surface area (Å²) in [6.07, 6.45) is 6.82. The topological polar surface area (TPSA) is 127 Å². The normalized spacial score (nSPS) is 20.7. The summed E-state index contributed by atoms with van der Waals surface area (Å²) in [7, 11) is 1.93. The van der Waals surface area contributed by atoms with E-state index in [0.29, 0.717) is 18.3 Å². The van der Waals surface area contributed by atoms with Gasteiger partial charge in [0.25, 0.3) is 0 Å². The molecule has 11 nitrogen and oxygen atoms in total. The van der Waals surface area contributed by atoms with Crippen LogP contribution in [0.4, 0.5) is 17.2 Å². The van der Waals surface area contributed by atoms with Crippen molar-refractivity contribution < 1.29 is 14.5 Å². The van der Waals surface area contributed by atoms with Crippen molar-refractivity contribution in [2.24, 2.45) is 12.5 Å². The zero-order valence-corrected chi connectivity index (χ0v) is 23.4. The number of nitrogens with one attached hydrogen (secondary N) is 1. The lowest BCUT2D eigenvalue weighted by atomic mass is 9.71. The number of benzene rings is 1. The largest absolute Gasteiger partial charge is 0.370 e. The maximum absolute atomic E-state index is 12.5. The minimum Gasteiger partial charge on any atom is -0.370 e. The van der Waals surface area contributed by atoms with Crippen LogP contribution in [-0.4, -0.2) is 57.7 Å². The number of nitro groups is 1. The fourth-order valence-corrected chi connectivity index (χ4v) is 6.45. The molecule has 1 N–H and O–H groups in total. The summed E-state index contributed by atoms with van der Waals surface area (Å²) in [6.45, 7) is 7.76. The standard InChI is InChI=1S/C27H31N7O4.C2H6/c1-31-25-19(24(30-31)20-6-8-23(35)29-26(20)36)3-2-4-21(25)33-15-11-27(12-16-33)9-13-32(14-10-27)18-5-7-22(28-17-18)34(37)38;1-2/h2-5,7,17,20H,6,8-16H2,1H3,(H,29,35,36);1-2H3. The zero-order chi connectivity index (χ0) is 28.4. The smallest absolute Gasteiger partial charge is 0.363 e. The van der Waals surface area contributed by atoms with Crippen LogP contribution in [0.5, 0.6) is 0 Å². The van der Waals surface area contributed by atoms with E-state index in [9.17, 15) is 19.7 Å². The molecule has 3 aliphatic heterocycles. The van der Waals surface area contributed by atoms with Gasteiger partial charge in [0.05, 0.1) is 28.5 Å². The third kappa shape index (κ3) is 5.12. The fourth-order valence-electron chi connectivity index (χ4n) is 6.45. The fraction of sp³-hybridized carbons (Fsp3) is 0.517. The molecule has 6 rings (SSSR count). The van der Waals surface area contributed by atoms with Crippen LogP contribution in [0, 0.1) is 15.5 Å². The van der Waals surface area contributed by atoms with E-state index in [-0.39, 0.29) is 17.6 Å². The van der Waals surface area contributed by atoms with Crippen LogP contribution >= 0.6 is 0 Å². The van der Waals surface area contributed by atoms with Crippen molar-refractivity contribution in [2.75, 3.05) is 36.0 Å². The molecule has 3 aliphatic rings. The number of para-hydroxylation sites is 1. The Kier molecular flexibility index (Phi) is 7.73. The number of hydrogen-bond donors (Lipinski definition) is 1. The number of rotatable bonds is 4. The van der Waals surface area contributed by atoms with Crippen molar-refractivity contribution in [1.82, 2.24) is 20.1 Å². The predicted molar refractivity (Wildman–Crippen MR) is 153 cm³/mol. The van der Waals surface area contributed by atoms with Crippen LogP contribution in [0.25, 0.3) is 10.9 Å². The molecule has 1 unspecified atom stereocenters. The first kappa shape index (κ1) is 27.5. The lowest BCUT2D eigenvalue weighted by Crippen LogP contribution is -2.47. The highest BCUT2D eigenvalue weighted by Gasteiger charge is 2.39. The monoisotopic (exact) mass is 547 g/mol. The second-order valence-electron chi connectivity index (χ2n) is 10.8. The van der Waals surface area contributed by atoms with Gasteiger partial charge in [-0.3, -0.25) is 19.6 Å². The minimum absolute atomic E-state index is 0.123. The van der Waals surface area contributed by atoms with Gasteiger partial charge in [-0.2, -0.15) is 5.10 Å². The number of pyridine rings is 1. The van der Waals surface area contributed by atoms with Gasteiger partial charge in [0.15, 0.2) is 6.20 Å². The van der Waals surface area contributed by atoms with Crippen LogP contribution in [0.3, 0.4) is 0 Å². The molecule has 3 aromatic rings. The molecule has 1 atom stereocenters. The molecule has 1 spiro atoms. The van der Waals surface area contributed by atoms with Gasteiger partial charge in [0.1, 0.15) is 0 Å². The molecule has 212 valence electrons. The molecule has 1 aromatic carbocycles. The maximum Gasteiger partial charge on any atom is 0.363 e. The van der Waals surface area contributed by atoms with Gasteiger partial charge in [-0.05, 0) is 59.6 Å². The second-order valence-corrected chi connectivity index (χ2v) is 10.8. The van der Waals surface area contributed by atoms with E-state index in [1.165, 1.54) is 6.07 Å². The molecule has 3 saturated heterocycles. The third-order valence-corrected chi connectivity index (χ3v) is 8.71. The molecule has 11 heteroatoms. The van der Waals surface area contributed by atoms with Crippen molar-refractivity contribution in [3.63, 3.8) is 0 Å². The highest BCUT2D eigenvalue weighted by atomic mass is 16.6. The third-order valence-electron chi connectivity index (χ3n) is 8.71. The van der Waals surface area contributed by atoms with Crippen LogP contribution < -0.4 is 15.1 Å². The van der Waals surface area contributed by atoms with Crippen molar-refractivity contribution in [2.45, 2.75) is 58.3 Å². The van der Waals surface area contributed by atoms with Gasteiger partial charge < -0.3 is 19.9 Å². The van der Waals surface area contributed by atoms with Crippen molar-refractivity contribution in [3.05, 3.63) is 52.3 Å². The Hall–Kier alpha value is -4.02. The molecule has 0 bridgehead atoms. The van der Waals surface area contributed by atoms with Gasteiger partial charge in [-0.15, -0.1) is 0 Å². The van der Waals surface area contributed by atoms with E-state index >= 15 is 0 Å². The van der Waals surface area contributed by atoms with Crippen molar-refractivity contribution in [1.29, 1.82) is 0 Å². The Morgan fingerprint density at radius 2 is 1.68 bits per heavy atom. The number of anilines is 2. The van der Waals surface area contributed by atoms with Crippen LogP contribution in [0.15, 0.2) is 36.5 Å². The summed E-state index contributed by atoms with van der Waals surface area (Å²) < 4.78 is 1.88. The average molecular weight is 548 g/mol. The van der Waals surface area contributed by atoms with Crippen LogP contribution in [0.2, 0.25) is 0 Å². The highest BCUT2D eigenvalue weighted by Crippen LogP contribution is 2.44. The first-order valence-electron chi connectivity index (χ1n) is 14.2. The molecule has 0 saturated carbocycles. The van der Waals surface area contributed by atoms with E-state index in [1.54, 1.807) is 12.3 Å². The van der Waals surface area contributed by atoms with Gasteiger partial charge in [0.2, 0.25) is 11.8 Å². The number of hydrogen-bond acceptors (Lipinski definition) is 8. The summed E-state index contributed by atoms with van der Waals surface area (Å²) in [5.74, 6) is -1.01. The summed E-state index contributed by atoms with van der Waals surface area (Å²) in [6, 6.07) is 9.47. The van der Waals surface area contributed by atoms with E-state index in [1.807, 2.05) is 37.7 Å². The number of aromatic nitrogens is 3. The summed E-state index contributed by atoms with van der Waals surface area (Å²) in [5.41, 5.74) is 4.16. The molecular formula is C29H37N7O4. The summed E-state index contributed by atoms with van der Waals surface area (Å²) in [4.78, 5) is 43.3. The number of carbonyl (C=O) groups excluding carboxylic acids is 2. The predicted octanol–water partition coefficient (Wildman–Crippen LogP) is 4.31. The van der Waals surface area contributed by atoms with Gasteiger partial charge in [0, 0.05) is 51.1 Å². The number of fused-ring (bicyclic) bond motifs is 1. The van der Waals surface area contributed by atoms with Gasteiger partial charge in [-0.1, -0.05) is 26.0 Å². The summed E-state index contributed by atoms with van der Waals surface area (Å²) in [5, 5.41) is 19.1. The van der Waals surface area contributed by atoms with Crippen molar-refractivity contribution in [3.8, 4) is 0 Å². The van der Waals surface area contributed by atoms with Gasteiger partial charge >= 0.3 is 5.82 Å². The quantitative estimate of drug-likeness (QED) is 0.291. The first-order chi connectivity index (χ1) is 19.3. The lowest BCUT2D eigenvalue weighted by Gasteiger charge is -2.47. The minimum atomic E-state index is -0.468. The Morgan fingerprint density at radius 1 is 1.00 bits per heavy atom. The zero-order valence-electron chi connectivity index (χ0n) is 23.4. The maximum atomic E-state index is 12.5. The number of piperidine rings is 3. The number of amides is 2. The molecular weight excluding hydrogens is 510 g/mol. The molecule has 2 amide bonds. The molecule has 0 aliphatic carbocycles. The van der Waals surface area contributed by atoms with E-state index in [0.717, 1.165) is 79.8 Å².